The van der Waals surface area contributed by atoms with E-state index in [-0.39, 0.29) is 0 Å². The van der Waals surface area contributed by atoms with E-state index in [1.807, 2.05) is 6.92 Å². The molecule has 0 aliphatic carbocycles. The number of hydrogen-bond acceptors (Lipinski definition) is 3. The van der Waals surface area contributed by atoms with Gasteiger partial charge in [0.2, 0.25) is 0 Å². The summed E-state index contributed by atoms with van der Waals surface area (Å²) in [5.74, 6) is 0. The van der Waals surface area contributed by atoms with Crippen molar-refractivity contribution in [2.45, 2.75) is 44.9 Å². The summed E-state index contributed by atoms with van der Waals surface area (Å²) < 4.78 is 5.30. The molecule has 1 heterocycles. The molecule has 4 N–H and O–H groups in total. The van der Waals surface area contributed by atoms with Crippen molar-refractivity contribution in [2.75, 3.05) is 6.61 Å². The molecule has 0 spiro atoms. The van der Waals surface area contributed by atoms with Crippen molar-refractivity contribution in [3.05, 3.63) is 34.9 Å². The summed E-state index contributed by atoms with van der Waals surface area (Å²) in [6.07, 6.45) is 3.09. The largest absolute Gasteiger partial charge is 0.373 e. The quantitative estimate of drug-likeness (QED) is 0.601. The smallest absolute Gasteiger partial charge is 0.0899 e. The minimum Gasteiger partial charge on any atom is -0.373 e. The van der Waals surface area contributed by atoms with Crippen molar-refractivity contribution in [1.82, 2.24) is 0 Å². The van der Waals surface area contributed by atoms with E-state index in [4.69, 9.17) is 16.2 Å². The Hall–Kier alpha value is -0.900. The van der Waals surface area contributed by atoms with E-state index in [2.05, 4.69) is 25.1 Å². The third-order valence-corrected chi connectivity index (χ3v) is 3.56. The zero-order valence-electron chi connectivity index (χ0n) is 10.7. The van der Waals surface area contributed by atoms with Crippen LogP contribution in [0.15, 0.2) is 18.2 Å². The molecule has 1 atom stereocenters. The van der Waals surface area contributed by atoms with Crippen molar-refractivity contribution in [3.8, 4) is 0 Å². The molecule has 1 aliphatic rings. The Morgan fingerprint density at radius 2 is 2.06 bits per heavy atom. The van der Waals surface area contributed by atoms with E-state index < -0.39 is 5.66 Å². The fourth-order valence-electron chi connectivity index (χ4n) is 2.30. The highest BCUT2D eigenvalue weighted by molar-refractivity contribution is 5.39. The van der Waals surface area contributed by atoms with Crippen molar-refractivity contribution >= 4 is 0 Å². The van der Waals surface area contributed by atoms with Gasteiger partial charge in [-0.1, -0.05) is 32.0 Å². The molecule has 0 amide bonds. The van der Waals surface area contributed by atoms with Gasteiger partial charge in [-0.05, 0) is 29.5 Å². The molecular formula is C14H22N2O. The summed E-state index contributed by atoms with van der Waals surface area (Å²) in [5, 5.41) is 0. The Kier molecular flexibility index (Phi) is 3.52. The first-order valence-electron chi connectivity index (χ1n) is 6.39. The van der Waals surface area contributed by atoms with E-state index >= 15 is 0 Å². The van der Waals surface area contributed by atoms with Crippen LogP contribution in [-0.4, -0.2) is 12.7 Å². The minimum atomic E-state index is -0.717. The number of ether oxygens (including phenoxy) is 1. The maximum atomic E-state index is 6.18. The summed E-state index contributed by atoms with van der Waals surface area (Å²) in [6, 6.07) is 6.27. The van der Waals surface area contributed by atoms with Gasteiger partial charge in [0.15, 0.2) is 0 Å². The van der Waals surface area contributed by atoms with Crippen molar-refractivity contribution in [3.63, 3.8) is 0 Å². The molecule has 1 aliphatic heterocycles. The van der Waals surface area contributed by atoms with Crippen LogP contribution in [0.2, 0.25) is 0 Å². The summed E-state index contributed by atoms with van der Waals surface area (Å²) in [4.78, 5) is 0. The number of nitrogens with two attached hydrogens (primary N) is 2. The van der Waals surface area contributed by atoms with Crippen LogP contribution in [0, 0.1) is 0 Å². The van der Waals surface area contributed by atoms with Gasteiger partial charge in [-0.15, -0.1) is 0 Å². The van der Waals surface area contributed by atoms with Gasteiger partial charge in [0.1, 0.15) is 0 Å². The molecule has 2 rings (SSSR count). The van der Waals surface area contributed by atoms with Crippen LogP contribution in [0.3, 0.4) is 0 Å². The molecule has 0 saturated carbocycles. The predicted octanol–water partition coefficient (Wildman–Crippen LogP) is 1.67. The molecule has 0 aromatic heterocycles. The Labute approximate surface area is 103 Å². The lowest BCUT2D eigenvalue weighted by Crippen LogP contribution is -2.46. The number of rotatable bonds is 5. The molecule has 0 bridgehead atoms. The van der Waals surface area contributed by atoms with Crippen LogP contribution in [-0.2, 0) is 23.2 Å². The Morgan fingerprint density at radius 3 is 2.59 bits per heavy atom. The third kappa shape index (κ3) is 2.68. The minimum absolute atomic E-state index is 0.405. The standard InChI is InChI=1S/C14H22N2O/c1-3-12-10(8-11-9-17-11)6-5-7-13(12)14(15,16)4-2/h5-7,11H,3-4,8-9,15-16H2,1-2H3. The second kappa shape index (κ2) is 4.77. The SMILES string of the molecule is CCc1c(CC2CO2)cccc1C(N)(N)CC. The Morgan fingerprint density at radius 1 is 1.35 bits per heavy atom. The van der Waals surface area contributed by atoms with Gasteiger partial charge in [-0.25, -0.2) is 0 Å². The van der Waals surface area contributed by atoms with Crippen LogP contribution in [0.4, 0.5) is 0 Å². The van der Waals surface area contributed by atoms with Gasteiger partial charge in [-0.3, -0.25) is 0 Å². The molecule has 1 aromatic carbocycles. The number of hydrogen-bond donors (Lipinski definition) is 2. The molecule has 1 unspecified atom stereocenters. The zero-order chi connectivity index (χ0) is 12.5. The highest BCUT2D eigenvalue weighted by atomic mass is 16.6. The molecule has 1 saturated heterocycles. The fraction of sp³-hybridized carbons (Fsp3) is 0.571. The van der Waals surface area contributed by atoms with Crippen LogP contribution < -0.4 is 11.5 Å². The molecule has 94 valence electrons. The van der Waals surface area contributed by atoms with Gasteiger partial charge in [0, 0.05) is 6.42 Å². The topological polar surface area (TPSA) is 64.6 Å². The van der Waals surface area contributed by atoms with Crippen LogP contribution in [0.25, 0.3) is 0 Å². The first-order valence-corrected chi connectivity index (χ1v) is 6.39. The highest BCUT2D eigenvalue weighted by Gasteiger charge is 2.27. The average Bonchev–Trinajstić information content (AvgIpc) is 3.12. The summed E-state index contributed by atoms with van der Waals surface area (Å²) in [7, 11) is 0. The van der Waals surface area contributed by atoms with E-state index in [1.165, 1.54) is 11.1 Å². The molecule has 1 fully saturated rings. The first kappa shape index (κ1) is 12.6. The molecule has 3 heteroatoms. The molecule has 0 radical (unpaired) electrons. The normalized spacial score (nSPS) is 19.4. The van der Waals surface area contributed by atoms with Crippen LogP contribution >= 0.6 is 0 Å². The maximum Gasteiger partial charge on any atom is 0.0899 e. The molecule has 3 nitrogen and oxygen atoms in total. The second-order valence-corrected chi connectivity index (χ2v) is 4.85. The highest BCUT2D eigenvalue weighted by Crippen LogP contribution is 2.27. The molecule has 17 heavy (non-hydrogen) atoms. The van der Waals surface area contributed by atoms with E-state index in [9.17, 15) is 0 Å². The molecule has 1 aromatic rings. The lowest BCUT2D eigenvalue weighted by atomic mass is 9.88. The van der Waals surface area contributed by atoms with Gasteiger partial charge in [0.25, 0.3) is 0 Å². The van der Waals surface area contributed by atoms with E-state index in [0.717, 1.165) is 31.4 Å². The monoisotopic (exact) mass is 234 g/mol. The van der Waals surface area contributed by atoms with Crippen molar-refractivity contribution in [2.24, 2.45) is 11.5 Å². The third-order valence-electron chi connectivity index (χ3n) is 3.56. The fourth-order valence-corrected chi connectivity index (χ4v) is 2.30. The Bertz CT molecular complexity index is 397. The van der Waals surface area contributed by atoms with Crippen LogP contribution in [0.5, 0.6) is 0 Å². The van der Waals surface area contributed by atoms with Crippen molar-refractivity contribution < 1.29 is 4.74 Å². The average molecular weight is 234 g/mol. The van der Waals surface area contributed by atoms with Gasteiger partial charge in [-0.2, -0.15) is 0 Å². The summed E-state index contributed by atoms with van der Waals surface area (Å²) in [5.41, 5.74) is 15.4. The maximum absolute atomic E-state index is 6.18. The van der Waals surface area contributed by atoms with E-state index in [0.29, 0.717) is 6.10 Å². The summed E-state index contributed by atoms with van der Waals surface area (Å²) in [6.45, 7) is 5.06. The van der Waals surface area contributed by atoms with Gasteiger partial charge in [0.05, 0.1) is 18.4 Å². The predicted molar refractivity (Wildman–Crippen MR) is 69.6 cm³/mol. The lowest BCUT2D eigenvalue weighted by Gasteiger charge is -2.27. The van der Waals surface area contributed by atoms with Crippen molar-refractivity contribution in [1.29, 1.82) is 0 Å². The van der Waals surface area contributed by atoms with E-state index in [1.54, 1.807) is 0 Å². The first-order chi connectivity index (χ1) is 8.08. The van der Waals surface area contributed by atoms with Crippen LogP contribution in [0.1, 0.15) is 37.0 Å². The molecular weight excluding hydrogens is 212 g/mol. The summed E-state index contributed by atoms with van der Waals surface area (Å²) >= 11 is 0. The van der Waals surface area contributed by atoms with Gasteiger partial charge >= 0.3 is 0 Å². The Balaban J connectivity index is 2.37. The number of epoxide rings is 1. The number of benzene rings is 1. The zero-order valence-corrected chi connectivity index (χ0v) is 10.7. The lowest BCUT2D eigenvalue weighted by molar-refractivity contribution is 0.406. The second-order valence-electron chi connectivity index (χ2n) is 4.85. The van der Waals surface area contributed by atoms with Gasteiger partial charge < -0.3 is 16.2 Å².